The van der Waals surface area contributed by atoms with Crippen LogP contribution in [0.4, 0.5) is 5.69 Å². The molecule has 0 atom stereocenters. The quantitative estimate of drug-likeness (QED) is 0.769. The summed E-state index contributed by atoms with van der Waals surface area (Å²) in [5, 5.41) is 0.920. The molecule has 0 aliphatic carbocycles. The summed E-state index contributed by atoms with van der Waals surface area (Å²) < 4.78 is 5.85. The van der Waals surface area contributed by atoms with Gasteiger partial charge >= 0.3 is 0 Å². The second kappa shape index (κ2) is 6.75. The van der Waals surface area contributed by atoms with Gasteiger partial charge < -0.3 is 16.2 Å². The van der Waals surface area contributed by atoms with E-state index in [2.05, 4.69) is 0 Å². The molecule has 0 unspecified atom stereocenters. The van der Waals surface area contributed by atoms with E-state index in [1.807, 2.05) is 19.9 Å². The number of nitrogens with two attached hydrogens (primary N) is 2. The van der Waals surface area contributed by atoms with Crippen molar-refractivity contribution in [1.29, 1.82) is 0 Å². The maximum absolute atomic E-state index is 6.15. The van der Waals surface area contributed by atoms with Crippen molar-refractivity contribution >= 4 is 41.3 Å². The monoisotopic (exact) mass is 346 g/mol. The molecule has 114 valence electrons. The highest BCUT2D eigenvalue weighted by Gasteiger charge is 2.20. The van der Waals surface area contributed by atoms with Crippen molar-refractivity contribution in [3.63, 3.8) is 0 Å². The summed E-state index contributed by atoms with van der Waals surface area (Å²) in [6.07, 6.45) is 0. The van der Waals surface area contributed by atoms with Gasteiger partial charge in [-0.3, -0.25) is 0 Å². The highest BCUT2D eigenvalue weighted by molar-refractivity contribution is 6.42. The molecule has 21 heavy (non-hydrogen) atoms. The first-order valence-corrected chi connectivity index (χ1v) is 6.85. The molecule has 0 saturated carbocycles. The van der Waals surface area contributed by atoms with Gasteiger partial charge in [0.15, 0.2) is 0 Å². The lowest BCUT2D eigenvalue weighted by Gasteiger charge is -2.23. The van der Waals surface area contributed by atoms with Crippen LogP contribution in [-0.4, -0.2) is 0 Å². The van der Waals surface area contributed by atoms with Crippen LogP contribution in [-0.2, 0) is 5.54 Å². The number of anilines is 1. The van der Waals surface area contributed by atoms with Crippen LogP contribution in [0.5, 0.6) is 11.5 Å². The van der Waals surface area contributed by atoms with Crippen molar-refractivity contribution in [2.75, 3.05) is 5.73 Å². The van der Waals surface area contributed by atoms with Gasteiger partial charge in [0.05, 0.1) is 10.0 Å². The van der Waals surface area contributed by atoms with Gasteiger partial charge in [-0.05, 0) is 44.2 Å². The Morgan fingerprint density at radius 3 is 2.24 bits per heavy atom. The Hall–Kier alpha value is -1.13. The van der Waals surface area contributed by atoms with Crippen molar-refractivity contribution in [3.05, 3.63) is 52.0 Å². The van der Waals surface area contributed by atoms with Crippen LogP contribution < -0.4 is 16.2 Å². The molecule has 2 aromatic rings. The van der Waals surface area contributed by atoms with E-state index in [4.69, 9.17) is 39.4 Å². The predicted octanol–water partition coefficient (Wildman–Crippen LogP) is 4.98. The lowest BCUT2D eigenvalue weighted by molar-refractivity contribution is 0.449. The van der Waals surface area contributed by atoms with Gasteiger partial charge in [0.1, 0.15) is 11.5 Å². The molecule has 4 N–H and O–H groups in total. The molecule has 3 nitrogen and oxygen atoms in total. The van der Waals surface area contributed by atoms with E-state index in [1.54, 1.807) is 30.3 Å². The molecule has 0 amide bonds. The van der Waals surface area contributed by atoms with E-state index in [-0.39, 0.29) is 12.4 Å². The second-order valence-corrected chi connectivity index (χ2v) is 5.97. The van der Waals surface area contributed by atoms with E-state index in [9.17, 15) is 0 Å². The lowest BCUT2D eigenvalue weighted by Crippen LogP contribution is -2.29. The van der Waals surface area contributed by atoms with Crippen molar-refractivity contribution < 1.29 is 4.74 Å². The van der Waals surface area contributed by atoms with Crippen LogP contribution >= 0.6 is 35.6 Å². The van der Waals surface area contributed by atoms with Crippen molar-refractivity contribution in [2.45, 2.75) is 19.4 Å². The van der Waals surface area contributed by atoms with E-state index in [0.717, 1.165) is 5.56 Å². The maximum Gasteiger partial charge on any atom is 0.132 e. The molecule has 0 heterocycles. The standard InChI is InChI=1S/C15H16Cl2N2O.ClH/c1-15(2,19)11-7-9(18)3-6-14(11)20-10-4-5-12(16)13(17)8-10;/h3-8H,18-19H2,1-2H3;1H. The minimum atomic E-state index is -0.569. The third-order valence-corrected chi connectivity index (χ3v) is 3.56. The summed E-state index contributed by atoms with van der Waals surface area (Å²) in [5.74, 6) is 1.24. The van der Waals surface area contributed by atoms with E-state index < -0.39 is 5.54 Å². The zero-order valence-corrected chi connectivity index (χ0v) is 14.0. The molecule has 6 heteroatoms. The van der Waals surface area contributed by atoms with Crippen LogP contribution in [0.15, 0.2) is 36.4 Å². The third kappa shape index (κ3) is 4.42. The Labute approximate surface area is 140 Å². The molecule has 0 spiro atoms. The highest BCUT2D eigenvalue weighted by atomic mass is 35.5. The maximum atomic E-state index is 6.15. The number of halogens is 3. The molecule has 0 aromatic heterocycles. The summed E-state index contributed by atoms with van der Waals surface area (Å²) >= 11 is 11.9. The lowest BCUT2D eigenvalue weighted by atomic mass is 9.94. The summed E-state index contributed by atoms with van der Waals surface area (Å²) in [6.45, 7) is 3.78. The summed E-state index contributed by atoms with van der Waals surface area (Å²) in [5.41, 5.74) is 12.9. The molecule has 0 bridgehead atoms. The van der Waals surface area contributed by atoms with Crippen LogP contribution in [0, 0.1) is 0 Å². The number of hydrogen-bond donors (Lipinski definition) is 2. The van der Waals surface area contributed by atoms with Gasteiger partial charge in [-0.1, -0.05) is 23.2 Å². The van der Waals surface area contributed by atoms with E-state index in [1.165, 1.54) is 0 Å². The second-order valence-electron chi connectivity index (χ2n) is 5.16. The first kappa shape index (κ1) is 17.9. The average Bonchev–Trinajstić information content (AvgIpc) is 2.35. The first-order valence-electron chi connectivity index (χ1n) is 6.09. The smallest absolute Gasteiger partial charge is 0.132 e. The highest BCUT2D eigenvalue weighted by Crippen LogP contribution is 2.35. The molecule has 0 aliphatic heterocycles. The van der Waals surface area contributed by atoms with Crippen LogP contribution in [0.2, 0.25) is 10.0 Å². The van der Waals surface area contributed by atoms with Crippen LogP contribution in [0.1, 0.15) is 19.4 Å². The fraction of sp³-hybridized carbons (Fsp3) is 0.200. The van der Waals surface area contributed by atoms with E-state index in [0.29, 0.717) is 27.2 Å². The number of rotatable bonds is 3. The van der Waals surface area contributed by atoms with E-state index >= 15 is 0 Å². The molecule has 2 rings (SSSR count). The topological polar surface area (TPSA) is 61.3 Å². The van der Waals surface area contributed by atoms with Crippen molar-refractivity contribution in [1.82, 2.24) is 0 Å². The summed E-state index contributed by atoms with van der Waals surface area (Å²) in [7, 11) is 0. The normalized spacial score (nSPS) is 10.9. The Balaban J connectivity index is 0.00000220. The predicted molar refractivity (Wildman–Crippen MR) is 91.9 cm³/mol. The first-order chi connectivity index (χ1) is 9.27. The van der Waals surface area contributed by atoms with Crippen LogP contribution in [0.3, 0.4) is 0 Å². The van der Waals surface area contributed by atoms with Crippen LogP contribution in [0.25, 0.3) is 0 Å². The Morgan fingerprint density at radius 2 is 1.67 bits per heavy atom. The van der Waals surface area contributed by atoms with Gasteiger partial charge in [-0.25, -0.2) is 0 Å². The van der Waals surface area contributed by atoms with Gasteiger partial charge in [0, 0.05) is 22.9 Å². The average molecular weight is 348 g/mol. The molecule has 0 saturated heterocycles. The largest absolute Gasteiger partial charge is 0.457 e. The van der Waals surface area contributed by atoms with Gasteiger partial charge in [-0.2, -0.15) is 0 Å². The molecular weight excluding hydrogens is 331 g/mol. The number of ether oxygens (including phenoxy) is 1. The Kier molecular flexibility index (Phi) is 5.76. The molecule has 0 fully saturated rings. The molecule has 0 aliphatic rings. The number of hydrogen-bond acceptors (Lipinski definition) is 3. The third-order valence-electron chi connectivity index (χ3n) is 2.82. The molecule has 2 aromatic carbocycles. The Morgan fingerprint density at radius 1 is 1.00 bits per heavy atom. The van der Waals surface area contributed by atoms with Crippen molar-refractivity contribution in [2.24, 2.45) is 5.73 Å². The van der Waals surface area contributed by atoms with Gasteiger partial charge in [0.2, 0.25) is 0 Å². The molecular formula is C15H17Cl3N2O. The zero-order valence-electron chi connectivity index (χ0n) is 11.7. The fourth-order valence-corrected chi connectivity index (χ4v) is 2.10. The summed E-state index contributed by atoms with van der Waals surface area (Å²) in [4.78, 5) is 0. The number of nitrogen functional groups attached to an aromatic ring is 1. The van der Waals surface area contributed by atoms with Gasteiger partial charge in [0.25, 0.3) is 0 Å². The zero-order chi connectivity index (χ0) is 14.9. The Bertz CT molecular complexity index is 639. The minimum Gasteiger partial charge on any atom is -0.457 e. The molecule has 0 radical (unpaired) electrons. The van der Waals surface area contributed by atoms with Crippen molar-refractivity contribution in [3.8, 4) is 11.5 Å². The fourth-order valence-electron chi connectivity index (χ4n) is 1.81. The SMILES string of the molecule is CC(C)(N)c1cc(N)ccc1Oc1ccc(Cl)c(Cl)c1.Cl. The minimum absolute atomic E-state index is 0. The number of benzene rings is 2. The summed E-state index contributed by atoms with van der Waals surface area (Å²) in [6, 6.07) is 10.5. The van der Waals surface area contributed by atoms with Gasteiger partial charge in [-0.15, -0.1) is 12.4 Å².